The first-order chi connectivity index (χ1) is 9.88. The van der Waals surface area contributed by atoms with Gasteiger partial charge in [-0.15, -0.1) is 0 Å². The number of likely N-dealkylation sites (tertiary alicyclic amines) is 1. The van der Waals surface area contributed by atoms with Gasteiger partial charge in [-0.3, -0.25) is 4.90 Å². The average Bonchev–Trinajstić information content (AvgIpc) is 2.95. The maximum atomic E-state index is 5.74. The van der Waals surface area contributed by atoms with Crippen molar-refractivity contribution >= 4 is 0 Å². The van der Waals surface area contributed by atoms with Gasteiger partial charge < -0.3 is 14.8 Å². The van der Waals surface area contributed by atoms with Crippen molar-refractivity contribution in [3.05, 3.63) is 23.8 Å². The molecule has 1 atom stereocenters. The summed E-state index contributed by atoms with van der Waals surface area (Å²) in [7, 11) is 0. The van der Waals surface area contributed by atoms with Crippen LogP contribution in [0.1, 0.15) is 25.3 Å². The van der Waals surface area contributed by atoms with E-state index < -0.39 is 0 Å². The van der Waals surface area contributed by atoms with E-state index in [0.29, 0.717) is 19.3 Å². The summed E-state index contributed by atoms with van der Waals surface area (Å²) in [6, 6.07) is 6.83. The second-order valence-corrected chi connectivity index (χ2v) is 5.50. The topological polar surface area (TPSA) is 33.7 Å². The van der Waals surface area contributed by atoms with Crippen LogP contribution in [0.4, 0.5) is 0 Å². The van der Waals surface area contributed by atoms with Gasteiger partial charge >= 0.3 is 0 Å². The lowest BCUT2D eigenvalue weighted by Gasteiger charge is -2.24. The number of benzene rings is 1. The first-order valence-electron chi connectivity index (χ1n) is 7.70. The van der Waals surface area contributed by atoms with Crippen molar-refractivity contribution in [2.24, 2.45) is 0 Å². The van der Waals surface area contributed by atoms with E-state index in [4.69, 9.17) is 9.47 Å². The molecule has 20 heavy (non-hydrogen) atoms. The van der Waals surface area contributed by atoms with Gasteiger partial charge in [0.2, 0.25) is 0 Å². The predicted octanol–water partition coefficient (Wildman–Crippen LogP) is 2.03. The zero-order valence-corrected chi connectivity index (χ0v) is 12.2. The van der Waals surface area contributed by atoms with E-state index in [1.165, 1.54) is 24.9 Å². The number of nitrogens with one attached hydrogen (secondary N) is 1. The second kappa shape index (κ2) is 6.46. The van der Waals surface area contributed by atoms with Gasteiger partial charge in [0, 0.05) is 24.7 Å². The van der Waals surface area contributed by atoms with Gasteiger partial charge in [0.1, 0.15) is 13.2 Å². The molecule has 0 spiro atoms. The highest BCUT2D eigenvalue weighted by atomic mass is 16.6. The number of para-hydroxylation sites is 1. The Labute approximate surface area is 121 Å². The molecule has 2 aliphatic heterocycles. The van der Waals surface area contributed by atoms with Gasteiger partial charge in [-0.05, 0) is 32.0 Å². The lowest BCUT2D eigenvalue weighted by molar-refractivity contribution is 0.169. The van der Waals surface area contributed by atoms with Crippen molar-refractivity contribution < 1.29 is 9.47 Å². The summed E-state index contributed by atoms with van der Waals surface area (Å²) in [5.41, 5.74) is 1.20. The second-order valence-electron chi connectivity index (χ2n) is 5.50. The molecule has 1 fully saturated rings. The number of hydrogen-bond acceptors (Lipinski definition) is 4. The Morgan fingerprint density at radius 2 is 2.20 bits per heavy atom. The van der Waals surface area contributed by atoms with Gasteiger partial charge in [0.15, 0.2) is 11.5 Å². The molecule has 4 heteroatoms. The standard InChI is InChI=1S/C16H24N2O2/c1-2-18-8-4-6-14(18)12-17-11-13-5-3-7-15-16(13)20-10-9-19-15/h3,5,7,14,17H,2,4,6,8-12H2,1H3. The first-order valence-corrected chi connectivity index (χ1v) is 7.70. The number of nitrogens with zero attached hydrogens (tertiary/aromatic N) is 1. The van der Waals surface area contributed by atoms with Gasteiger partial charge in [-0.2, -0.15) is 0 Å². The van der Waals surface area contributed by atoms with Crippen LogP contribution in [0.25, 0.3) is 0 Å². The number of ether oxygens (including phenoxy) is 2. The molecular formula is C16H24N2O2. The quantitative estimate of drug-likeness (QED) is 0.892. The Bertz CT molecular complexity index is 450. The zero-order valence-electron chi connectivity index (χ0n) is 12.2. The number of likely N-dealkylation sites (N-methyl/N-ethyl adjacent to an activating group) is 1. The molecule has 1 N–H and O–H groups in total. The molecule has 4 nitrogen and oxygen atoms in total. The molecule has 1 saturated heterocycles. The molecule has 0 amide bonds. The Morgan fingerprint density at radius 1 is 1.30 bits per heavy atom. The first kappa shape index (κ1) is 13.7. The van der Waals surface area contributed by atoms with E-state index in [0.717, 1.165) is 31.1 Å². The highest BCUT2D eigenvalue weighted by Gasteiger charge is 2.22. The number of rotatable bonds is 5. The summed E-state index contributed by atoms with van der Waals surface area (Å²) in [4.78, 5) is 2.56. The molecule has 1 unspecified atom stereocenters. The Morgan fingerprint density at radius 3 is 3.10 bits per heavy atom. The molecular weight excluding hydrogens is 252 g/mol. The summed E-state index contributed by atoms with van der Waals surface area (Å²) in [6.07, 6.45) is 2.64. The maximum Gasteiger partial charge on any atom is 0.165 e. The summed E-state index contributed by atoms with van der Waals surface area (Å²) < 4.78 is 11.4. The van der Waals surface area contributed by atoms with E-state index in [2.05, 4.69) is 23.2 Å². The number of fused-ring (bicyclic) bond motifs is 1. The molecule has 2 heterocycles. The zero-order chi connectivity index (χ0) is 13.8. The van der Waals surface area contributed by atoms with Gasteiger partial charge in [0.25, 0.3) is 0 Å². The molecule has 0 bridgehead atoms. The third-order valence-corrected chi connectivity index (χ3v) is 4.25. The summed E-state index contributed by atoms with van der Waals surface area (Å²) >= 11 is 0. The Hall–Kier alpha value is -1.26. The molecule has 0 saturated carbocycles. The van der Waals surface area contributed by atoms with Crippen LogP contribution >= 0.6 is 0 Å². The molecule has 0 aliphatic carbocycles. The minimum absolute atomic E-state index is 0.649. The molecule has 2 aliphatic rings. The third-order valence-electron chi connectivity index (χ3n) is 4.25. The van der Waals surface area contributed by atoms with Crippen LogP contribution in [-0.2, 0) is 6.54 Å². The highest BCUT2D eigenvalue weighted by molar-refractivity contribution is 5.47. The fraction of sp³-hybridized carbons (Fsp3) is 0.625. The SMILES string of the molecule is CCN1CCCC1CNCc1cccc2c1OCCO2. The fourth-order valence-corrected chi connectivity index (χ4v) is 3.19. The molecule has 110 valence electrons. The Balaban J connectivity index is 1.56. The van der Waals surface area contributed by atoms with Crippen molar-refractivity contribution in [3.63, 3.8) is 0 Å². The highest BCUT2D eigenvalue weighted by Crippen LogP contribution is 2.33. The predicted molar refractivity (Wildman–Crippen MR) is 79.4 cm³/mol. The molecule has 0 radical (unpaired) electrons. The van der Waals surface area contributed by atoms with Crippen molar-refractivity contribution in [2.75, 3.05) is 32.8 Å². The average molecular weight is 276 g/mol. The Kier molecular flexibility index (Phi) is 4.43. The fourth-order valence-electron chi connectivity index (χ4n) is 3.19. The lowest BCUT2D eigenvalue weighted by atomic mass is 10.1. The van der Waals surface area contributed by atoms with Crippen LogP contribution < -0.4 is 14.8 Å². The summed E-state index contributed by atoms with van der Waals surface area (Å²) in [5, 5.41) is 3.58. The summed E-state index contributed by atoms with van der Waals surface area (Å²) in [5.74, 6) is 1.80. The molecule has 3 rings (SSSR count). The van der Waals surface area contributed by atoms with Crippen LogP contribution in [0.2, 0.25) is 0 Å². The van der Waals surface area contributed by atoms with Crippen LogP contribution in [0.3, 0.4) is 0 Å². The minimum Gasteiger partial charge on any atom is -0.486 e. The van der Waals surface area contributed by atoms with Crippen molar-refractivity contribution in [3.8, 4) is 11.5 Å². The van der Waals surface area contributed by atoms with Crippen molar-refractivity contribution in [1.82, 2.24) is 10.2 Å². The van der Waals surface area contributed by atoms with E-state index in [1.54, 1.807) is 0 Å². The van der Waals surface area contributed by atoms with E-state index >= 15 is 0 Å². The van der Waals surface area contributed by atoms with Gasteiger partial charge in [-0.25, -0.2) is 0 Å². The normalized spacial score (nSPS) is 22.1. The van der Waals surface area contributed by atoms with Crippen LogP contribution in [-0.4, -0.2) is 43.8 Å². The van der Waals surface area contributed by atoms with Crippen molar-refractivity contribution in [1.29, 1.82) is 0 Å². The largest absolute Gasteiger partial charge is 0.486 e. The van der Waals surface area contributed by atoms with E-state index in [9.17, 15) is 0 Å². The van der Waals surface area contributed by atoms with Crippen LogP contribution in [0.5, 0.6) is 11.5 Å². The molecule has 1 aromatic rings. The number of hydrogen-bond donors (Lipinski definition) is 1. The monoisotopic (exact) mass is 276 g/mol. The molecule has 0 aromatic heterocycles. The van der Waals surface area contributed by atoms with Crippen LogP contribution in [0.15, 0.2) is 18.2 Å². The smallest absolute Gasteiger partial charge is 0.165 e. The minimum atomic E-state index is 0.649. The van der Waals surface area contributed by atoms with Crippen LogP contribution in [0, 0.1) is 0 Å². The van der Waals surface area contributed by atoms with Crippen molar-refractivity contribution in [2.45, 2.75) is 32.4 Å². The van der Waals surface area contributed by atoms with E-state index in [1.807, 2.05) is 12.1 Å². The third kappa shape index (κ3) is 2.91. The lowest BCUT2D eigenvalue weighted by Crippen LogP contribution is -2.37. The maximum absolute atomic E-state index is 5.74. The van der Waals surface area contributed by atoms with Gasteiger partial charge in [0.05, 0.1) is 0 Å². The van der Waals surface area contributed by atoms with E-state index in [-0.39, 0.29) is 0 Å². The molecule has 1 aromatic carbocycles. The summed E-state index contributed by atoms with van der Waals surface area (Å²) in [6.45, 7) is 7.86. The van der Waals surface area contributed by atoms with Gasteiger partial charge in [-0.1, -0.05) is 19.1 Å².